The SMILES string of the molecule is COC(=O)C1CC[NH+]([C@H](C)C(=O)Nc2ccccc2)CC1. The number of ether oxygens (including phenoxy) is 1. The average molecular weight is 291 g/mol. The topological polar surface area (TPSA) is 59.8 Å². The second-order valence-electron chi connectivity index (χ2n) is 5.53. The maximum absolute atomic E-state index is 12.3. The summed E-state index contributed by atoms with van der Waals surface area (Å²) in [7, 11) is 1.43. The van der Waals surface area contributed by atoms with Gasteiger partial charge in [-0.3, -0.25) is 9.59 Å². The number of carbonyl (C=O) groups excluding carboxylic acids is 2. The van der Waals surface area contributed by atoms with Gasteiger partial charge in [0, 0.05) is 18.5 Å². The lowest BCUT2D eigenvalue weighted by Gasteiger charge is -2.31. The van der Waals surface area contributed by atoms with Crippen LogP contribution in [0.2, 0.25) is 0 Å². The van der Waals surface area contributed by atoms with Crippen LogP contribution in [0, 0.1) is 5.92 Å². The third-order valence-corrected chi connectivity index (χ3v) is 4.21. The zero-order valence-corrected chi connectivity index (χ0v) is 12.6. The van der Waals surface area contributed by atoms with Gasteiger partial charge in [0.2, 0.25) is 0 Å². The number of amides is 1. The summed E-state index contributed by atoms with van der Waals surface area (Å²) < 4.78 is 4.78. The number of hydrogen-bond donors (Lipinski definition) is 2. The van der Waals surface area contributed by atoms with Crippen LogP contribution in [0.15, 0.2) is 30.3 Å². The first-order valence-corrected chi connectivity index (χ1v) is 7.40. The highest BCUT2D eigenvalue weighted by molar-refractivity contribution is 5.93. The summed E-state index contributed by atoms with van der Waals surface area (Å²) in [6, 6.07) is 9.35. The van der Waals surface area contributed by atoms with Gasteiger partial charge in [0.25, 0.3) is 5.91 Å². The third-order valence-electron chi connectivity index (χ3n) is 4.21. The predicted octanol–water partition coefficient (Wildman–Crippen LogP) is 0.482. The van der Waals surface area contributed by atoms with E-state index < -0.39 is 0 Å². The van der Waals surface area contributed by atoms with Crippen molar-refractivity contribution in [2.45, 2.75) is 25.8 Å². The second-order valence-corrected chi connectivity index (χ2v) is 5.53. The molecule has 1 atom stereocenters. The second kappa shape index (κ2) is 7.22. The van der Waals surface area contributed by atoms with Crippen LogP contribution in [-0.4, -0.2) is 38.1 Å². The highest BCUT2D eigenvalue weighted by Gasteiger charge is 2.33. The van der Waals surface area contributed by atoms with Crippen molar-refractivity contribution in [2.24, 2.45) is 5.92 Å². The summed E-state index contributed by atoms with van der Waals surface area (Å²) >= 11 is 0. The van der Waals surface area contributed by atoms with Crippen LogP contribution in [0.3, 0.4) is 0 Å². The summed E-state index contributed by atoms with van der Waals surface area (Å²) in [5.74, 6) is -0.119. The highest BCUT2D eigenvalue weighted by atomic mass is 16.5. The van der Waals surface area contributed by atoms with E-state index in [0.717, 1.165) is 31.6 Å². The van der Waals surface area contributed by atoms with E-state index in [2.05, 4.69) is 5.32 Å². The molecule has 1 saturated heterocycles. The molecule has 5 heteroatoms. The smallest absolute Gasteiger partial charge is 0.309 e. The third kappa shape index (κ3) is 4.04. The Morgan fingerprint density at radius 1 is 1.24 bits per heavy atom. The predicted molar refractivity (Wildman–Crippen MR) is 80.0 cm³/mol. The zero-order valence-electron chi connectivity index (χ0n) is 12.6. The molecular weight excluding hydrogens is 268 g/mol. The molecule has 0 spiro atoms. The Morgan fingerprint density at radius 3 is 2.43 bits per heavy atom. The van der Waals surface area contributed by atoms with Gasteiger partial charge in [-0.05, 0) is 19.1 Å². The summed E-state index contributed by atoms with van der Waals surface area (Å²) in [4.78, 5) is 25.0. The molecule has 2 rings (SSSR count). The molecule has 1 heterocycles. The number of para-hydroxylation sites is 1. The van der Waals surface area contributed by atoms with Crippen molar-refractivity contribution in [3.05, 3.63) is 30.3 Å². The monoisotopic (exact) mass is 291 g/mol. The van der Waals surface area contributed by atoms with Crippen LogP contribution >= 0.6 is 0 Å². The van der Waals surface area contributed by atoms with E-state index in [4.69, 9.17) is 4.74 Å². The van der Waals surface area contributed by atoms with Gasteiger partial charge in [-0.2, -0.15) is 0 Å². The zero-order chi connectivity index (χ0) is 15.2. The Kier molecular flexibility index (Phi) is 5.33. The molecular formula is C16H23N2O3+. The van der Waals surface area contributed by atoms with Gasteiger partial charge in [-0.25, -0.2) is 0 Å². The number of benzene rings is 1. The van der Waals surface area contributed by atoms with Gasteiger partial charge in [0.15, 0.2) is 6.04 Å². The molecule has 21 heavy (non-hydrogen) atoms. The fourth-order valence-electron chi connectivity index (χ4n) is 2.78. The number of rotatable bonds is 4. The van der Waals surface area contributed by atoms with Crippen molar-refractivity contribution >= 4 is 17.6 Å². The number of carbonyl (C=O) groups is 2. The molecule has 0 bridgehead atoms. The Hall–Kier alpha value is -1.88. The van der Waals surface area contributed by atoms with Gasteiger partial charge in [0.05, 0.1) is 26.1 Å². The molecule has 0 radical (unpaired) electrons. The highest BCUT2D eigenvalue weighted by Crippen LogP contribution is 2.11. The van der Waals surface area contributed by atoms with Crippen molar-refractivity contribution in [1.29, 1.82) is 0 Å². The van der Waals surface area contributed by atoms with Crippen LogP contribution in [-0.2, 0) is 14.3 Å². The summed E-state index contributed by atoms with van der Waals surface area (Å²) in [6.07, 6.45) is 1.57. The number of piperidine rings is 1. The molecule has 1 aliphatic heterocycles. The van der Waals surface area contributed by atoms with E-state index in [-0.39, 0.29) is 23.8 Å². The Morgan fingerprint density at radius 2 is 1.86 bits per heavy atom. The van der Waals surface area contributed by atoms with Gasteiger partial charge in [0.1, 0.15) is 0 Å². The largest absolute Gasteiger partial charge is 0.469 e. The molecule has 1 fully saturated rings. The molecule has 1 aromatic rings. The first-order chi connectivity index (χ1) is 10.1. The number of nitrogens with one attached hydrogen (secondary N) is 2. The van der Waals surface area contributed by atoms with E-state index >= 15 is 0 Å². The maximum atomic E-state index is 12.3. The lowest BCUT2D eigenvalue weighted by Crippen LogP contribution is -3.17. The van der Waals surface area contributed by atoms with E-state index in [1.807, 2.05) is 37.3 Å². The summed E-state index contributed by atoms with van der Waals surface area (Å²) in [5, 5.41) is 2.93. The minimum atomic E-state index is -0.129. The van der Waals surface area contributed by atoms with E-state index in [9.17, 15) is 9.59 Å². The lowest BCUT2D eigenvalue weighted by atomic mass is 9.96. The van der Waals surface area contributed by atoms with Crippen molar-refractivity contribution < 1.29 is 19.2 Å². The van der Waals surface area contributed by atoms with Crippen molar-refractivity contribution in [2.75, 3.05) is 25.5 Å². The van der Waals surface area contributed by atoms with Gasteiger partial charge < -0.3 is 15.0 Å². The Labute approximate surface area is 125 Å². The molecule has 0 aliphatic carbocycles. The molecule has 1 aromatic carbocycles. The van der Waals surface area contributed by atoms with Gasteiger partial charge >= 0.3 is 5.97 Å². The Bertz CT molecular complexity index is 482. The summed E-state index contributed by atoms with van der Waals surface area (Å²) in [6.45, 7) is 3.58. The van der Waals surface area contributed by atoms with E-state index in [0.29, 0.717) is 0 Å². The van der Waals surface area contributed by atoms with Crippen molar-refractivity contribution in [3.63, 3.8) is 0 Å². The number of methoxy groups -OCH3 is 1. The van der Waals surface area contributed by atoms with Crippen LogP contribution in [0.5, 0.6) is 0 Å². The van der Waals surface area contributed by atoms with Crippen LogP contribution in [0.25, 0.3) is 0 Å². The fourth-order valence-corrected chi connectivity index (χ4v) is 2.78. The molecule has 0 unspecified atom stereocenters. The van der Waals surface area contributed by atoms with Crippen LogP contribution in [0.4, 0.5) is 5.69 Å². The molecule has 114 valence electrons. The minimum absolute atomic E-state index is 0.0110. The maximum Gasteiger partial charge on any atom is 0.309 e. The molecule has 0 saturated carbocycles. The number of likely N-dealkylation sites (tertiary alicyclic amines) is 1. The van der Waals surface area contributed by atoms with Crippen molar-refractivity contribution in [1.82, 2.24) is 0 Å². The fraction of sp³-hybridized carbons (Fsp3) is 0.500. The molecule has 0 aromatic heterocycles. The minimum Gasteiger partial charge on any atom is -0.469 e. The van der Waals surface area contributed by atoms with Crippen LogP contribution in [0.1, 0.15) is 19.8 Å². The molecule has 1 amide bonds. The molecule has 5 nitrogen and oxygen atoms in total. The Balaban J connectivity index is 1.85. The quantitative estimate of drug-likeness (QED) is 0.793. The number of quaternary nitrogens is 1. The lowest BCUT2D eigenvalue weighted by molar-refractivity contribution is -0.919. The van der Waals surface area contributed by atoms with E-state index in [1.54, 1.807) is 0 Å². The van der Waals surface area contributed by atoms with E-state index in [1.165, 1.54) is 12.0 Å². The first-order valence-electron chi connectivity index (χ1n) is 7.40. The van der Waals surface area contributed by atoms with Crippen LogP contribution < -0.4 is 10.2 Å². The van der Waals surface area contributed by atoms with Gasteiger partial charge in [-0.15, -0.1) is 0 Å². The number of esters is 1. The molecule has 2 N–H and O–H groups in total. The number of anilines is 1. The normalized spacial score (nSPS) is 23.1. The molecule has 1 aliphatic rings. The first kappa shape index (κ1) is 15.5. The number of hydrogen-bond acceptors (Lipinski definition) is 3. The van der Waals surface area contributed by atoms with Crippen molar-refractivity contribution in [3.8, 4) is 0 Å². The average Bonchev–Trinajstić information content (AvgIpc) is 2.54. The standard InChI is InChI=1S/C16H22N2O3/c1-12(15(19)17-14-6-4-3-5-7-14)18-10-8-13(9-11-18)16(20)21-2/h3-7,12-13H,8-11H2,1-2H3,(H,17,19)/p+1/t12-/m1/s1. The van der Waals surface area contributed by atoms with Gasteiger partial charge in [-0.1, -0.05) is 18.2 Å². The summed E-state index contributed by atoms with van der Waals surface area (Å²) in [5.41, 5.74) is 0.818.